The van der Waals surface area contributed by atoms with Crippen molar-refractivity contribution in [2.75, 3.05) is 5.32 Å². The van der Waals surface area contributed by atoms with E-state index in [1.54, 1.807) is 6.20 Å². The molecule has 0 aliphatic carbocycles. The lowest BCUT2D eigenvalue weighted by Crippen LogP contribution is -2.26. The fourth-order valence-corrected chi connectivity index (χ4v) is 2.63. The summed E-state index contributed by atoms with van der Waals surface area (Å²) in [5.41, 5.74) is 1.06. The van der Waals surface area contributed by atoms with Crippen molar-refractivity contribution in [1.29, 1.82) is 0 Å². The molecule has 0 spiro atoms. The number of nitrogens with zero attached hydrogens (tertiary/aromatic N) is 1. The zero-order valence-corrected chi connectivity index (χ0v) is 12.0. The Morgan fingerprint density at radius 2 is 2.11 bits per heavy atom. The monoisotopic (exact) mass is 274 g/mol. The van der Waals surface area contributed by atoms with Crippen LogP contribution in [0.2, 0.25) is 0 Å². The average molecular weight is 274 g/mol. The summed E-state index contributed by atoms with van der Waals surface area (Å²) in [6.07, 6.45) is 2.66. The first-order chi connectivity index (χ1) is 9.22. The predicted molar refractivity (Wildman–Crippen MR) is 79.4 cm³/mol. The van der Waals surface area contributed by atoms with Crippen LogP contribution in [0.4, 0.5) is 5.13 Å². The van der Waals surface area contributed by atoms with Crippen molar-refractivity contribution >= 4 is 22.4 Å². The van der Waals surface area contributed by atoms with Gasteiger partial charge in [0, 0.05) is 11.6 Å². The number of nitrogens with one attached hydrogen (secondary N) is 1. The van der Waals surface area contributed by atoms with Gasteiger partial charge in [0.25, 0.3) is 0 Å². The van der Waals surface area contributed by atoms with E-state index in [-0.39, 0.29) is 11.8 Å². The third-order valence-electron chi connectivity index (χ3n) is 3.32. The summed E-state index contributed by atoms with van der Waals surface area (Å²) in [5, 5.41) is 5.42. The van der Waals surface area contributed by atoms with E-state index in [2.05, 4.69) is 24.1 Å². The van der Waals surface area contributed by atoms with Gasteiger partial charge in [-0.3, -0.25) is 4.79 Å². The number of hydrogen-bond donors (Lipinski definition) is 1. The van der Waals surface area contributed by atoms with Gasteiger partial charge in [-0.25, -0.2) is 4.98 Å². The van der Waals surface area contributed by atoms with Crippen molar-refractivity contribution < 1.29 is 4.79 Å². The molecule has 2 atom stereocenters. The van der Waals surface area contributed by atoms with E-state index in [1.807, 2.05) is 35.7 Å². The normalized spacial score (nSPS) is 13.8. The number of thiazole rings is 1. The lowest BCUT2D eigenvalue weighted by Gasteiger charge is -2.22. The van der Waals surface area contributed by atoms with Gasteiger partial charge in [0.05, 0.1) is 5.92 Å². The fraction of sp³-hybridized carbons (Fsp3) is 0.333. The smallest absolute Gasteiger partial charge is 0.233 e. The molecule has 2 rings (SSSR count). The first-order valence-corrected chi connectivity index (χ1v) is 7.35. The number of carbonyl (C=O) groups is 1. The predicted octanol–water partition coefficient (Wildman–Crippen LogP) is 3.91. The van der Waals surface area contributed by atoms with Gasteiger partial charge in [-0.15, -0.1) is 11.3 Å². The summed E-state index contributed by atoms with van der Waals surface area (Å²) in [4.78, 5) is 16.6. The number of rotatable bonds is 5. The molecule has 0 aliphatic heterocycles. The number of anilines is 1. The Balaban J connectivity index is 2.20. The summed E-state index contributed by atoms with van der Waals surface area (Å²) >= 11 is 1.44. The molecule has 19 heavy (non-hydrogen) atoms. The maximum atomic E-state index is 12.5. The molecule has 0 saturated heterocycles. The Kier molecular flexibility index (Phi) is 4.68. The van der Waals surface area contributed by atoms with E-state index in [9.17, 15) is 4.79 Å². The van der Waals surface area contributed by atoms with Gasteiger partial charge in [0.2, 0.25) is 5.91 Å². The zero-order chi connectivity index (χ0) is 13.7. The largest absolute Gasteiger partial charge is 0.301 e. The summed E-state index contributed by atoms with van der Waals surface area (Å²) < 4.78 is 0. The van der Waals surface area contributed by atoms with Gasteiger partial charge in [-0.1, -0.05) is 50.6 Å². The van der Waals surface area contributed by atoms with Gasteiger partial charge >= 0.3 is 0 Å². The number of hydrogen-bond acceptors (Lipinski definition) is 3. The van der Waals surface area contributed by atoms with Crippen molar-refractivity contribution in [3.63, 3.8) is 0 Å². The van der Waals surface area contributed by atoms with Crippen LogP contribution in [-0.4, -0.2) is 10.9 Å². The maximum absolute atomic E-state index is 12.5. The third-order valence-corrected chi connectivity index (χ3v) is 4.01. The van der Waals surface area contributed by atoms with Crippen LogP contribution in [0.5, 0.6) is 0 Å². The van der Waals surface area contributed by atoms with E-state index >= 15 is 0 Å². The molecule has 0 aliphatic rings. The molecule has 0 saturated carbocycles. The number of benzene rings is 1. The van der Waals surface area contributed by atoms with E-state index in [4.69, 9.17) is 0 Å². The molecule has 1 aromatic carbocycles. The van der Waals surface area contributed by atoms with Crippen LogP contribution in [0.1, 0.15) is 31.7 Å². The van der Waals surface area contributed by atoms with Crippen molar-refractivity contribution in [2.24, 2.45) is 5.92 Å². The van der Waals surface area contributed by atoms with E-state index in [0.717, 1.165) is 12.0 Å². The summed E-state index contributed by atoms with van der Waals surface area (Å²) in [7, 11) is 0. The first-order valence-electron chi connectivity index (χ1n) is 6.47. The van der Waals surface area contributed by atoms with Gasteiger partial charge in [-0.2, -0.15) is 0 Å². The molecule has 1 amide bonds. The molecule has 2 unspecified atom stereocenters. The highest BCUT2D eigenvalue weighted by molar-refractivity contribution is 7.13. The topological polar surface area (TPSA) is 42.0 Å². The minimum Gasteiger partial charge on any atom is -0.301 e. The lowest BCUT2D eigenvalue weighted by atomic mass is 9.85. The number of aromatic nitrogens is 1. The average Bonchev–Trinajstić information content (AvgIpc) is 2.93. The summed E-state index contributed by atoms with van der Waals surface area (Å²) in [6.45, 7) is 4.22. The van der Waals surface area contributed by atoms with Crippen LogP contribution in [0, 0.1) is 5.92 Å². The Morgan fingerprint density at radius 1 is 1.37 bits per heavy atom. The Bertz CT molecular complexity index is 510. The minimum absolute atomic E-state index is 0.0236. The molecule has 3 nitrogen and oxygen atoms in total. The standard InChI is InChI=1S/C15H18N2OS/c1-3-11(2)13(12-7-5-4-6-8-12)14(18)17-15-16-9-10-19-15/h4-11,13H,3H2,1-2H3,(H,16,17,18). The number of carbonyl (C=O) groups excluding carboxylic acids is 1. The third kappa shape index (κ3) is 3.41. The molecule has 1 aromatic heterocycles. The van der Waals surface area contributed by atoms with Crippen LogP contribution < -0.4 is 5.32 Å². The maximum Gasteiger partial charge on any atom is 0.233 e. The SMILES string of the molecule is CCC(C)C(C(=O)Nc1nccs1)c1ccccc1. The highest BCUT2D eigenvalue weighted by Gasteiger charge is 2.26. The van der Waals surface area contributed by atoms with Crippen LogP contribution in [-0.2, 0) is 4.79 Å². The van der Waals surface area contributed by atoms with E-state index in [0.29, 0.717) is 11.0 Å². The van der Waals surface area contributed by atoms with E-state index in [1.165, 1.54) is 11.3 Å². The van der Waals surface area contributed by atoms with Crippen molar-refractivity contribution in [3.8, 4) is 0 Å². The van der Waals surface area contributed by atoms with Crippen LogP contribution in [0.3, 0.4) is 0 Å². The van der Waals surface area contributed by atoms with Gasteiger partial charge in [0.1, 0.15) is 0 Å². The van der Waals surface area contributed by atoms with Gasteiger partial charge in [-0.05, 0) is 11.5 Å². The minimum atomic E-state index is -0.130. The summed E-state index contributed by atoms with van der Waals surface area (Å²) in [6, 6.07) is 9.94. The second-order valence-electron chi connectivity index (χ2n) is 4.60. The second kappa shape index (κ2) is 6.48. The molecule has 0 radical (unpaired) electrons. The second-order valence-corrected chi connectivity index (χ2v) is 5.49. The van der Waals surface area contributed by atoms with Crippen molar-refractivity contribution in [3.05, 3.63) is 47.5 Å². The van der Waals surface area contributed by atoms with Crippen LogP contribution in [0.25, 0.3) is 0 Å². The van der Waals surface area contributed by atoms with Gasteiger partial charge < -0.3 is 5.32 Å². The molecule has 1 N–H and O–H groups in total. The highest BCUT2D eigenvalue weighted by Crippen LogP contribution is 2.28. The quantitative estimate of drug-likeness (QED) is 0.898. The lowest BCUT2D eigenvalue weighted by molar-refractivity contribution is -0.118. The molecule has 0 bridgehead atoms. The fourth-order valence-electron chi connectivity index (χ4n) is 2.10. The molecule has 2 aromatic rings. The Morgan fingerprint density at radius 3 is 2.68 bits per heavy atom. The first kappa shape index (κ1) is 13.7. The zero-order valence-electron chi connectivity index (χ0n) is 11.2. The van der Waals surface area contributed by atoms with E-state index < -0.39 is 0 Å². The highest BCUT2D eigenvalue weighted by atomic mass is 32.1. The Labute approximate surface area is 117 Å². The Hall–Kier alpha value is -1.68. The molecular weight excluding hydrogens is 256 g/mol. The van der Waals surface area contributed by atoms with Crippen LogP contribution >= 0.6 is 11.3 Å². The van der Waals surface area contributed by atoms with Crippen molar-refractivity contribution in [2.45, 2.75) is 26.2 Å². The molecule has 4 heteroatoms. The van der Waals surface area contributed by atoms with Gasteiger partial charge in [0.15, 0.2) is 5.13 Å². The number of amides is 1. The van der Waals surface area contributed by atoms with Crippen LogP contribution in [0.15, 0.2) is 41.9 Å². The molecule has 100 valence electrons. The summed E-state index contributed by atoms with van der Waals surface area (Å²) in [5.74, 6) is 0.188. The molecular formula is C15H18N2OS. The molecule has 1 heterocycles. The molecule has 0 fully saturated rings. The van der Waals surface area contributed by atoms with Crippen molar-refractivity contribution in [1.82, 2.24) is 4.98 Å².